The summed E-state index contributed by atoms with van der Waals surface area (Å²) in [6, 6.07) is 21.9. The van der Waals surface area contributed by atoms with Crippen molar-refractivity contribution >= 4 is 90.9 Å². The highest BCUT2D eigenvalue weighted by Crippen LogP contribution is 2.40. The summed E-state index contributed by atoms with van der Waals surface area (Å²) in [6.45, 7) is 0. The zero-order valence-electron chi connectivity index (χ0n) is 41.3. The summed E-state index contributed by atoms with van der Waals surface area (Å²) in [4.78, 5) is 60.5. The van der Waals surface area contributed by atoms with Crippen LogP contribution in [0.1, 0.15) is 118 Å². The average molecular weight is 1130 g/mol. The van der Waals surface area contributed by atoms with Crippen molar-refractivity contribution in [2.24, 2.45) is 4.99 Å². The summed E-state index contributed by atoms with van der Waals surface area (Å²) in [5.41, 5.74) is 14.6. The first-order valence-corrected chi connectivity index (χ1v) is 30.3. The lowest BCUT2D eigenvalue weighted by Gasteiger charge is -2.16. The topological polar surface area (TPSA) is 252 Å². The van der Waals surface area contributed by atoms with Crippen molar-refractivity contribution in [1.29, 1.82) is 0 Å². The van der Waals surface area contributed by atoms with E-state index in [1.807, 2.05) is 0 Å². The minimum Gasteiger partial charge on any atom is -0.465 e. The smallest absolute Gasteiger partial charge is 0.337 e. The second-order valence-electron chi connectivity index (χ2n) is 17.9. The van der Waals surface area contributed by atoms with Crippen LogP contribution in [0.5, 0.6) is 0 Å². The van der Waals surface area contributed by atoms with Crippen LogP contribution in [-0.4, -0.2) is 76.6 Å². The lowest BCUT2D eigenvalue weighted by atomic mass is 9.99. The van der Waals surface area contributed by atoms with Gasteiger partial charge in [0.05, 0.1) is 61.0 Å². The number of halogens is 2. The van der Waals surface area contributed by atoms with Gasteiger partial charge in [0.25, 0.3) is 0 Å². The van der Waals surface area contributed by atoms with E-state index in [-0.39, 0.29) is 17.3 Å². The number of methoxy groups -OCH3 is 3. The van der Waals surface area contributed by atoms with Gasteiger partial charge in [0.1, 0.15) is 0 Å². The molecule has 17 nitrogen and oxygen atoms in total. The first kappa shape index (κ1) is 57.9. The molecule has 0 heterocycles. The van der Waals surface area contributed by atoms with Gasteiger partial charge in [-0.2, -0.15) is 4.99 Å². The number of isocyanates is 1. The van der Waals surface area contributed by atoms with Crippen LogP contribution in [0.25, 0.3) is 0 Å². The van der Waals surface area contributed by atoms with Gasteiger partial charge in [-0.15, -0.1) is 0 Å². The van der Waals surface area contributed by atoms with Crippen LogP contribution >= 0.6 is 21.4 Å². The first-order valence-electron chi connectivity index (χ1n) is 23.7. The first-order chi connectivity index (χ1) is 35.6. The molecule has 2 N–H and O–H groups in total. The molecule has 2 amide bonds. The van der Waals surface area contributed by atoms with Crippen LogP contribution in [0.15, 0.2) is 89.9 Å². The zero-order chi connectivity index (χ0) is 54.5. The summed E-state index contributed by atoms with van der Waals surface area (Å²) in [7, 11) is 2.97. The number of carbonyl (C=O) groups excluding carboxylic acids is 5. The van der Waals surface area contributed by atoms with E-state index in [0.717, 1.165) is 86.7 Å². The lowest BCUT2D eigenvalue weighted by molar-refractivity contribution is 0.0592. The van der Waals surface area contributed by atoms with Crippen LogP contribution in [0, 0.1) is 0 Å². The van der Waals surface area contributed by atoms with Gasteiger partial charge in [-0.25, -0.2) is 53.9 Å². The van der Waals surface area contributed by atoms with Crippen molar-refractivity contribution in [1.82, 2.24) is 4.72 Å². The molecule has 0 bridgehead atoms. The number of sulfonamides is 1. The number of esters is 3. The molecule has 22 heteroatoms. The number of amides is 2. The Morgan fingerprint density at radius 3 is 1.15 bits per heavy atom. The SMILES string of the molecule is COC(=O)c1ccc(CS(=O)(=O)Cl)cc1.COC(=O)c1ccc(CS(=O)(=O)Cl)cc1.COC(=O)c1ccc(CS(=O)(=O)NC(=O)Nc2c3c(cc4c2CCC4)CCC3)cc1.O=C=Nc1c2c(cc3c1CCC3)CCC2. The van der Waals surface area contributed by atoms with Crippen LogP contribution in [0.2, 0.25) is 0 Å². The Balaban J connectivity index is 0.000000173. The number of anilines is 1. The van der Waals surface area contributed by atoms with E-state index in [2.05, 4.69) is 41.4 Å². The lowest BCUT2D eigenvalue weighted by Crippen LogP contribution is -2.35. The largest absolute Gasteiger partial charge is 0.465 e. The summed E-state index contributed by atoms with van der Waals surface area (Å²) in [5.74, 6) is -2.30. The van der Waals surface area contributed by atoms with Gasteiger partial charge in [0.15, 0.2) is 0 Å². The van der Waals surface area contributed by atoms with Crippen molar-refractivity contribution in [3.8, 4) is 0 Å². The number of rotatable bonds is 12. The number of aliphatic imine (C=N–C) groups is 1. The predicted octanol–water partition coefficient (Wildman–Crippen LogP) is 8.82. The molecule has 0 aliphatic heterocycles. The van der Waals surface area contributed by atoms with Crippen LogP contribution in [-0.2, 0) is 116 Å². The Labute approximate surface area is 445 Å². The molecule has 0 aromatic heterocycles. The number of nitrogens with zero attached hydrogens (tertiary/aromatic N) is 1. The third-order valence-corrected chi connectivity index (χ3v) is 15.9. The number of hydrogen-bond donors (Lipinski definition) is 2. The molecule has 9 rings (SSSR count). The van der Waals surface area contributed by atoms with E-state index in [1.54, 1.807) is 6.08 Å². The fourth-order valence-electron chi connectivity index (χ4n) is 9.43. The number of urea groups is 1. The molecule has 0 unspecified atom stereocenters. The minimum absolute atomic E-state index is 0.254. The zero-order valence-corrected chi connectivity index (χ0v) is 45.3. The highest BCUT2D eigenvalue weighted by molar-refractivity contribution is 8.13. The van der Waals surface area contributed by atoms with Crippen molar-refractivity contribution in [3.63, 3.8) is 0 Å². The third kappa shape index (κ3) is 16.5. The summed E-state index contributed by atoms with van der Waals surface area (Å²) in [6.07, 6.45) is 14.5. The number of carbonyl (C=O) groups is 4. The van der Waals surface area contributed by atoms with Gasteiger partial charge in [-0.3, -0.25) is 0 Å². The maximum atomic E-state index is 12.5. The fourth-order valence-corrected chi connectivity index (χ4v) is 12.4. The molecule has 398 valence electrons. The average Bonchev–Trinajstić information content (AvgIpc) is 4.22. The van der Waals surface area contributed by atoms with Gasteiger partial charge >= 0.3 is 23.9 Å². The molecular formula is C53H55Cl2N3O14S3. The molecule has 75 heavy (non-hydrogen) atoms. The van der Waals surface area contributed by atoms with Gasteiger partial charge in [0.2, 0.25) is 34.2 Å². The number of hydrogen-bond acceptors (Lipinski definition) is 15. The molecule has 4 aliphatic carbocycles. The highest BCUT2D eigenvalue weighted by atomic mass is 35.7. The fraction of sp³-hybridized carbons (Fsp3) is 0.340. The van der Waals surface area contributed by atoms with E-state index in [0.29, 0.717) is 33.4 Å². The molecule has 0 atom stereocenters. The Morgan fingerprint density at radius 2 is 0.827 bits per heavy atom. The van der Waals surface area contributed by atoms with Crippen molar-refractivity contribution in [3.05, 3.63) is 163 Å². The molecular weight excluding hydrogens is 1070 g/mol. The molecule has 0 fully saturated rings. The number of fused-ring (bicyclic) bond motifs is 4. The van der Waals surface area contributed by atoms with Gasteiger partial charge < -0.3 is 19.5 Å². The number of benzene rings is 5. The summed E-state index contributed by atoms with van der Waals surface area (Å²) < 4.78 is 83.7. The van der Waals surface area contributed by atoms with Crippen LogP contribution in [0.3, 0.4) is 0 Å². The normalized spacial score (nSPS) is 13.7. The van der Waals surface area contributed by atoms with E-state index >= 15 is 0 Å². The molecule has 5 aromatic rings. The van der Waals surface area contributed by atoms with E-state index in [4.69, 9.17) is 21.4 Å². The molecule has 5 aromatic carbocycles. The number of ether oxygens (including phenoxy) is 3. The second-order valence-corrected chi connectivity index (χ2v) is 25.2. The number of nitrogens with one attached hydrogen (secondary N) is 2. The molecule has 0 radical (unpaired) electrons. The van der Waals surface area contributed by atoms with Gasteiger partial charge in [0, 0.05) is 27.1 Å². The standard InChI is InChI=1S/C22H24N2O5S.C13H13NO.2C9H9ClO4S/c1-29-21(25)15-10-8-14(9-11-15)13-30(27,28)24-22(26)23-20-18-6-2-4-16(18)12-17-5-3-7-19(17)20;15-8-14-13-11-5-1-3-9(11)7-10-4-2-6-12(10)13;2*1-14-9(11)8-4-2-7(3-5-8)6-15(10,12)13/h8-12H,2-7,13H2,1H3,(H2,23,24,26);7H,1-6H2;2*2-5H,6H2,1H3. The van der Waals surface area contributed by atoms with Crippen molar-refractivity contribution < 1.29 is 63.4 Å². The van der Waals surface area contributed by atoms with Crippen molar-refractivity contribution in [2.45, 2.75) is 94.3 Å². The summed E-state index contributed by atoms with van der Waals surface area (Å²) >= 11 is 0. The Kier molecular flexibility index (Phi) is 20.0. The number of aryl methyl sites for hydroxylation is 4. The van der Waals surface area contributed by atoms with Crippen LogP contribution < -0.4 is 10.0 Å². The molecule has 4 aliphatic rings. The molecule has 0 saturated heterocycles. The third-order valence-electron chi connectivity index (χ3n) is 12.7. The molecule has 0 saturated carbocycles. The Bertz CT molecular complexity index is 3190. The van der Waals surface area contributed by atoms with E-state index in [1.165, 1.54) is 140 Å². The summed E-state index contributed by atoms with van der Waals surface area (Å²) in [5, 5.41) is 2.83. The Morgan fingerprint density at radius 1 is 0.507 bits per heavy atom. The van der Waals surface area contributed by atoms with Crippen molar-refractivity contribution in [2.75, 3.05) is 26.6 Å². The maximum Gasteiger partial charge on any atom is 0.337 e. The Hall–Kier alpha value is -6.41. The second kappa shape index (κ2) is 25.9. The molecule has 0 spiro atoms. The van der Waals surface area contributed by atoms with E-state index < -0.39 is 52.1 Å². The highest BCUT2D eigenvalue weighted by Gasteiger charge is 2.27. The maximum absolute atomic E-state index is 12.5. The van der Waals surface area contributed by atoms with Crippen LogP contribution in [0.4, 0.5) is 16.2 Å². The monoisotopic (exact) mass is 1120 g/mol. The van der Waals surface area contributed by atoms with Gasteiger partial charge in [-0.05, 0) is 175 Å². The van der Waals surface area contributed by atoms with E-state index in [9.17, 15) is 49.2 Å². The van der Waals surface area contributed by atoms with Gasteiger partial charge in [-0.1, -0.05) is 48.5 Å². The minimum atomic E-state index is -3.90. The predicted molar refractivity (Wildman–Crippen MR) is 284 cm³/mol. The quantitative estimate of drug-likeness (QED) is 0.0389.